The zero-order valence-electron chi connectivity index (χ0n) is 9.14. The molecule has 1 aromatic carbocycles. The van der Waals surface area contributed by atoms with Gasteiger partial charge in [-0.15, -0.1) is 0 Å². The number of ketones is 1. The van der Waals surface area contributed by atoms with E-state index < -0.39 is 0 Å². The lowest BCUT2D eigenvalue weighted by Crippen LogP contribution is -2.06. The van der Waals surface area contributed by atoms with Crippen molar-refractivity contribution in [3.63, 3.8) is 0 Å². The summed E-state index contributed by atoms with van der Waals surface area (Å²) in [6.07, 6.45) is 1.37. The van der Waals surface area contributed by atoms with Crippen LogP contribution in [0.5, 0.6) is 11.5 Å². The Morgan fingerprint density at radius 1 is 1.35 bits per heavy atom. The predicted molar refractivity (Wildman–Crippen MR) is 61.4 cm³/mol. The fraction of sp³-hybridized carbons (Fsp3) is 0.0833. The van der Waals surface area contributed by atoms with E-state index in [2.05, 4.69) is 10.2 Å². The van der Waals surface area contributed by atoms with E-state index in [0.29, 0.717) is 17.1 Å². The molecular formula is C12H10N2O3. The van der Waals surface area contributed by atoms with Crippen LogP contribution in [0.4, 0.5) is 0 Å². The molecule has 1 N–H and O–H groups in total. The second-order valence-corrected chi connectivity index (χ2v) is 3.44. The highest BCUT2D eigenvalue weighted by molar-refractivity contribution is 5.96. The van der Waals surface area contributed by atoms with Crippen LogP contribution in [0.15, 0.2) is 41.3 Å². The first kappa shape index (κ1) is 11.1. The minimum absolute atomic E-state index is 0.0987. The highest BCUT2D eigenvalue weighted by atomic mass is 16.5. The molecule has 17 heavy (non-hydrogen) atoms. The van der Waals surface area contributed by atoms with Crippen molar-refractivity contribution >= 4 is 5.78 Å². The largest absolute Gasteiger partial charge is 0.455 e. The number of hydrogen-bond donors (Lipinski definition) is 1. The predicted octanol–water partition coefficient (Wildman–Crippen LogP) is 1.76. The maximum Gasteiger partial charge on any atom is 0.267 e. The maximum absolute atomic E-state index is 11.4. The van der Waals surface area contributed by atoms with E-state index in [4.69, 9.17) is 4.74 Å². The second kappa shape index (κ2) is 4.61. The second-order valence-electron chi connectivity index (χ2n) is 3.44. The third-order valence-electron chi connectivity index (χ3n) is 2.13. The molecule has 0 aliphatic heterocycles. The van der Waals surface area contributed by atoms with Crippen molar-refractivity contribution in [1.29, 1.82) is 0 Å². The smallest absolute Gasteiger partial charge is 0.267 e. The van der Waals surface area contributed by atoms with Crippen molar-refractivity contribution in [2.45, 2.75) is 6.92 Å². The van der Waals surface area contributed by atoms with Gasteiger partial charge < -0.3 is 4.74 Å². The minimum Gasteiger partial charge on any atom is -0.455 e. The topological polar surface area (TPSA) is 72.0 Å². The summed E-state index contributed by atoms with van der Waals surface area (Å²) in [6, 6.07) is 8.10. The molecular weight excluding hydrogens is 220 g/mol. The number of para-hydroxylation sites is 1. The van der Waals surface area contributed by atoms with Gasteiger partial charge in [-0.3, -0.25) is 9.59 Å². The summed E-state index contributed by atoms with van der Waals surface area (Å²) in [5.74, 6) is 0.605. The number of carbonyl (C=O) groups excluding carboxylic acids is 1. The van der Waals surface area contributed by atoms with Crippen LogP contribution in [-0.2, 0) is 0 Å². The van der Waals surface area contributed by atoms with E-state index in [1.807, 2.05) is 0 Å². The Kier molecular flexibility index (Phi) is 3.00. The van der Waals surface area contributed by atoms with Crippen LogP contribution in [0.3, 0.4) is 0 Å². The molecule has 0 atom stereocenters. The third kappa shape index (κ3) is 2.57. The number of nitrogens with zero attached hydrogens (tertiary/aromatic N) is 1. The van der Waals surface area contributed by atoms with Gasteiger partial charge in [0.1, 0.15) is 5.75 Å². The van der Waals surface area contributed by atoms with Gasteiger partial charge in [-0.2, -0.15) is 5.10 Å². The van der Waals surface area contributed by atoms with Crippen LogP contribution in [-0.4, -0.2) is 16.0 Å². The molecule has 0 aliphatic rings. The average Bonchev–Trinajstić information content (AvgIpc) is 2.29. The Morgan fingerprint density at radius 2 is 2.12 bits per heavy atom. The number of aromatic amines is 1. The molecule has 5 nitrogen and oxygen atoms in total. The molecule has 5 heteroatoms. The molecule has 0 radical (unpaired) electrons. The number of carbonyl (C=O) groups is 1. The number of benzene rings is 1. The van der Waals surface area contributed by atoms with Gasteiger partial charge in [0.15, 0.2) is 11.5 Å². The zero-order valence-corrected chi connectivity index (χ0v) is 9.14. The Balaban J connectivity index is 2.36. The van der Waals surface area contributed by atoms with Crippen molar-refractivity contribution in [2.24, 2.45) is 0 Å². The van der Waals surface area contributed by atoms with Crippen molar-refractivity contribution in [1.82, 2.24) is 10.2 Å². The molecule has 0 fully saturated rings. The fourth-order valence-corrected chi connectivity index (χ4v) is 1.39. The summed E-state index contributed by atoms with van der Waals surface area (Å²) in [5, 5.41) is 5.85. The van der Waals surface area contributed by atoms with Gasteiger partial charge in [0, 0.05) is 6.07 Å². The summed E-state index contributed by atoms with van der Waals surface area (Å²) >= 11 is 0. The summed E-state index contributed by atoms with van der Waals surface area (Å²) in [6.45, 7) is 1.46. The van der Waals surface area contributed by atoms with Crippen molar-refractivity contribution in [2.75, 3.05) is 0 Å². The standard InChI is InChI=1S/C12H10N2O3/c1-8(15)10-4-2-3-5-11(10)17-9-6-12(16)14-13-7-9/h2-7H,1H3,(H,14,16). The number of ether oxygens (including phenoxy) is 1. The Hall–Kier alpha value is -2.43. The fourth-order valence-electron chi connectivity index (χ4n) is 1.39. The summed E-state index contributed by atoms with van der Waals surface area (Å²) in [7, 11) is 0. The molecule has 0 aliphatic carbocycles. The molecule has 0 spiro atoms. The summed E-state index contributed by atoms with van der Waals surface area (Å²) in [5.41, 5.74) is 0.107. The van der Waals surface area contributed by atoms with Crippen LogP contribution in [0.1, 0.15) is 17.3 Å². The highest BCUT2D eigenvalue weighted by Crippen LogP contribution is 2.23. The van der Waals surface area contributed by atoms with E-state index in [1.54, 1.807) is 24.3 Å². The number of rotatable bonds is 3. The van der Waals surface area contributed by atoms with E-state index in [0.717, 1.165) is 0 Å². The van der Waals surface area contributed by atoms with Crippen molar-refractivity contribution in [3.8, 4) is 11.5 Å². The molecule has 0 saturated heterocycles. The monoisotopic (exact) mass is 230 g/mol. The maximum atomic E-state index is 11.4. The molecule has 0 saturated carbocycles. The van der Waals surface area contributed by atoms with Crippen LogP contribution in [0, 0.1) is 0 Å². The SMILES string of the molecule is CC(=O)c1ccccc1Oc1cn[nH]c(=O)c1. The number of hydrogen-bond acceptors (Lipinski definition) is 4. The molecule has 2 rings (SSSR count). The minimum atomic E-state index is -0.359. The van der Waals surface area contributed by atoms with Gasteiger partial charge >= 0.3 is 0 Å². The van der Waals surface area contributed by atoms with Gasteiger partial charge in [-0.25, -0.2) is 5.10 Å². The van der Waals surface area contributed by atoms with E-state index >= 15 is 0 Å². The molecule has 86 valence electrons. The molecule has 0 unspecified atom stereocenters. The lowest BCUT2D eigenvalue weighted by Gasteiger charge is -2.07. The highest BCUT2D eigenvalue weighted by Gasteiger charge is 2.08. The molecule has 2 aromatic rings. The molecule has 0 bridgehead atoms. The van der Waals surface area contributed by atoms with Gasteiger partial charge in [0.25, 0.3) is 5.56 Å². The Morgan fingerprint density at radius 3 is 2.82 bits per heavy atom. The molecule has 0 amide bonds. The summed E-state index contributed by atoms with van der Waals surface area (Å²) < 4.78 is 5.45. The van der Waals surface area contributed by atoms with Crippen molar-refractivity contribution < 1.29 is 9.53 Å². The van der Waals surface area contributed by atoms with Crippen molar-refractivity contribution in [3.05, 3.63) is 52.4 Å². The van der Waals surface area contributed by atoms with Crippen LogP contribution in [0.25, 0.3) is 0 Å². The Bertz CT molecular complexity index is 604. The lowest BCUT2D eigenvalue weighted by atomic mass is 10.1. The normalized spacial score (nSPS) is 9.94. The van der Waals surface area contributed by atoms with Crippen LogP contribution < -0.4 is 10.3 Å². The van der Waals surface area contributed by atoms with Crippen LogP contribution in [0.2, 0.25) is 0 Å². The first-order chi connectivity index (χ1) is 8.16. The van der Waals surface area contributed by atoms with E-state index in [-0.39, 0.29) is 11.3 Å². The first-order valence-electron chi connectivity index (χ1n) is 4.99. The lowest BCUT2D eigenvalue weighted by molar-refractivity contribution is 0.101. The van der Waals surface area contributed by atoms with Gasteiger partial charge in [-0.1, -0.05) is 12.1 Å². The first-order valence-corrected chi connectivity index (χ1v) is 4.99. The van der Waals surface area contributed by atoms with E-state index in [1.165, 1.54) is 19.2 Å². The van der Waals surface area contributed by atoms with Crippen LogP contribution >= 0.6 is 0 Å². The number of Topliss-reactive ketones (excluding diaryl/α,β-unsaturated/α-hetero) is 1. The van der Waals surface area contributed by atoms with E-state index in [9.17, 15) is 9.59 Å². The quantitative estimate of drug-likeness (QED) is 0.815. The van der Waals surface area contributed by atoms with Gasteiger partial charge in [0.2, 0.25) is 0 Å². The number of aromatic nitrogens is 2. The molecule has 1 aromatic heterocycles. The number of nitrogens with one attached hydrogen (secondary N) is 1. The average molecular weight is 230 g/mol. The molecule has 1 heterocycles. The zero-order chi connectivity index (χ0) is 12.3. The third-order valence-corrected chi connectivity index (χ3v) is 2.13. The van der Waals surface area contributed by atoms with Gasteiger partial charge in [0.05, 0.1) is 11.8 Å². The van der Waals surface area contributed by atoms with Gasteiger partial charge in [-0.05, 0) is 19.1 Å². The Labute approximate surface area is 97.1 Å². The summed E-state index contributed by atoms with van der Waals surface area (Å²) in [4.78, 5) is 22.4. The number of H-pyrrole nitrogens is 1.